The fraction of sp³-hybridized carbons (Fsp3) is 0.200. The monoisotopic (exact) mass is 284 g/mol. The molecule has 0 fully saturated rings. The minimum absolute atomic E-state index is 0.243. The van der Waals surface area contributed by atoms with Gasteiger partial charge >= 0.3 is 12.1 Å². The average molecular weight is 285 g/mol. The predicted octanol–water partition coefficient (Wildman–Crippen LogP) is 3.16. The van der Waals surface area contributed by atoms with Gasteiger partial charge in [0.2, 0.25) is 0 Å². The van der Waals surface area contributed by atoms with Crippen molar-refractivity contribution in [3.8, 4) is 0 Å². The zero-order chi connectivity index (χ0) is 14.1. The van der Waals surface area contributed by atoms with Crippen LogP contribution >= 0.6 is 11.6 Å². The molecule has 0 aliphatic heterocycles. The molecule has 1 aromatic rings. The van der Waals surface area contributed by atoms with Gasteiger partial charge in [0.25, 0.3) is 0 Å². The third kappa shape index (κ3) is 3.19. The van der Waals surface area contributed by atoms with Gasteiger partial charge in [-0.05, 0) is 12.1 Å². The number of halogens is 5. The van der Waals surface area contributed by atoms with Crippen molar-refractivity contribution in [2.75, 3.05) is 0 Å². The quantitative estimate of drug-likeness (QED) is 0.527. The van der Waals surface area contributed by atoms with E-state index in [4.69, 9.17) is 16.7 Å². The van der Waals surface area contributed by atoms with Crippen molar-refractivity contribution < 1.29 is 32.3 Å². The average Bonchev–Trinajstić information content (AvgIpc) is 2.18. The largest absolute Gasteiger partial charge is 0.481 e. The third-order valence-corrected chi connectivity index (χ3v) is 2.24. The maximum atomic E-state index is 13.4. The first-order chi connectivity index (χ1) is 8.12. The van der Waals surface area contributed by atoms with Crippen LogP contribution in [0.1, 0.15) is 22.3 Å². The van der Waals surface area contributed by atoms with E-state index in [2.05, 4.69) is 0 Å². The van der Waals surface area contributed by atoms with E-state index in [1.807, 2.05) is 0 Å². The maximum absolute atomic E-state index is 13.4. The second-order valence-corrected chi connectivity index (χ2v) is 3.72. The zero-order valence-corrected chi connectivity index (χ0v) is 9.27. The molecule has 0 unspecified atom stereocenters. The summed E-state index contributed by atoms with van der Waals surface area (Å²) in [5, 5.41) is 7.45. The van der Waals surface area contributed by atoms with Crippen LogP contribution in [-0.4, -0.2) is 16.9 Å². The molecule has 0 atom stereocenters. The summed E-state index contributed by atoms with van der Waals surface area (Å²) in [5.41, 5.74) is -2.31. The Hall–Kier alpha value is -1.63. The Morgan fingerprint density at radius 1 is 1.28 bits per heavy atom. The smallest absolute Gasteiger partial charge is 0.416 e. The van der Waals surface area contributed by atoms with Crippen molar-refractivity contribution in [2.45, 2.75) is 12.6 Å². The van der Waals surface area contributed by atoms with Crippen molar-refractivity contribution in [1.82, 2.24) is 0 Å². The van der Waals surface area contributed by atoms with Crippen molar-refractivity contribution in [2.24, 2.45) is 0 Å². The Kier molecular flexibility index (Phi) is 3.95. The summed E-state index contributed by atoms with van der Waals surface area (Å²) >= 11 is 5.23. The highest BCUT2D eigenvalue weighted by atomic mass is 35.5. The summed E-state index contributed by atoms with van der Waals surface area (Å²) in [7, 11) is 0. The van der Waals surface area contributed by atoms with E-state index >= 15 is 0 Å². The summed E-state index contributed by atoms with van der Waals surface area (Å²) in [5.74, 6) is -4.23. The summed E-state index contributed by atoms with van der Waals surface area (Å²) in [6.07, 6.45) is -5.93. The molecule has 0 aromatic heterocycles. The third-order valence-electron chi connectivity index (χ3n) is 1.97. The molecular weight excluding hydrogens is 280 g/mol. The van der Waals surface area contributed by atoms with E-state index in [9.17, 15) is 27.2 Å². The van der Waals surface area contributed by atoms with E-state index in [0.29, 0.717) is 6.07 Å². The van der Waals surface area contributed by atoms with Crippen LogP contribution in [0.2, 0.25) is 5.02 Å². The van der Waals surface area contributed by atoms with Crippen LogP contribution in [0.3, 0.4) is 0 Å². The Morgan fingerprint density at radius 3 is 2.28 bits per heavy atom. The number of rotatable bonds is 3. The van der Waals surface area contributed by atoms with Crippen LogP contribution in [-0.2, 0) is 11.0 Å². The lowest BCUT2D eigenvalue weighted by atomic mass is 10.0. The van der Waals surface area contributed by atoms with Gasteiger partial charge in [-0.1, -0.05) is 11.6 Å². The highest BCUT2D eigenvalue weighted by Gasteiger charge is 2.33. The zero-order valence-electron chi connectivity index (χ0n) is 8.52. The molecule has 18 heavy (non-hydrogen) atoms. The molecule has 0 aliphatic rings. The Bertz CT molecular complexity index is 511. The number of hydrogen-bond acceptors (Lipinski definition) is 2. The number of carbonyl (C=O) groups excluding carboxylic acids is 1. The van der Waals surface area contributed by atoms with Gasteiger partial charge in [0, 0.05) is 0 Å². The maximum Gasteiger partial charge on any atom is 0.416 e. The number of alkyl halides is 3. The van der Waals surface area contributed by atoms with Crippen LogP contribution in [0.15, 0.2) is 12.1 Å². The van der Waals surface area contributed by atoms with E-state index in [0.717, 1.165) is 0 Å². The minimum Gasteiger partial charge on any atom is -0.481 e. The first-order valence-corrected chi connectivity index (χ1v) is 4.82. The molecule has 0 radical (unpaired) electrons. The second kappa shape index (κ2) is 4.93. The van der Waals surface area contributed by atoms with Crippen molar-refractivity contribution in [3.05, 3.63) is 34.1 Å². The summed E-state index contributed by atoms with van der Waals surface area (Å²) < 4.78 is 50.5. The SMILES string of the molecule is O=C(O)CC(=O)c1cc(C(F)(F)F)cc(Cl)c1F. The predicted molar refractivity (Wildman–Crippen MR) is 53.0 cm³/mol. The molecule has 3 nitrogen and oxygen atoms in total. The molecule has 0 heterocycles. The molecule has 1 N–H and O–H groups in total. The second-order valence-electron chi connectivity index (χ2n) is 3.31. The first kappa shape index (κ1) is 14.4. The van der Waals surface area contributed by atoms with Gasteiger partial charge in [-0.2, -0.15) is 13.2 Å². The molecular formula is C10H5ClF4O3. The number of carboxylic acids is 1. The fourth-order valence-electron chi connectivity index (χ4n) is 1.19. The Morgan fingerprint density at radius 2 is 1.83 bits per heavy atom. The normalized spacial score (nSPS) is 11.4. The first-order valence-electron chi connectivity index (χ1n) is 4.44. The van der Waals surface area contributed by atoms with E-state index in [-0.39, 0.29) is 6.07 Å². The van der Waals surface area contributed by atoms with Crippen LogP contribution in [0, 0.1) is 5.82 Å². The van der Waals surface area contributed by atoms with Gasteiger partial charge in [-0.25, -0.2) is 4.39 Å². The number of benzene rings is 1. The molecule has 8 heteroatoms. The van der Waals surface area contributed by atoms with Gasteiger partial charge in [0.1, 0.15) is 6.42 Å². The lowest BCUT2D eigenvalue weighted by Gasteiger charge is -2.10. The van der Waals surface area contributed by atoms with Crippen LogP contribution in [0.5, 0.6) is 0 Å². The summed E-state index contributed by atoms with van der Waals surface area (Å²) in [6, 6.07) is 0.570. The van der Waals surface area contributed by atoms with E-state index in [1.165, 1.54) is 0 Å². The summed E-state index contributed by atoms with van der Waals surface area (Å²) in [6.45, 7) is 0. The number of hydrogen-bond donors (Lipinski definition) is 1. The van der Waals surface area contributed by atoms with Crippen LogP contribution < -0.4 is 0 Å². The lowest BCUT2D eigenvalue weighted by Crippen LogP contribution is -2.12. The number of carboxylic acid groups (broad SMARTS) is 1. The lowest BCUT2D eigenvalue weighted by molar-refractivity contribution is -0.137. The number of carbonyl (C=O) groups is 2. The Balaban J connectivity index is 3.31. The van der Waals surface area contributed by atoms with Gasteiger partial charge in [0.05, 0.1) is 16.1 Å². The molecule has 0 bridgehead atoms. The number of aliphatic carboxylic acids is 1. The van der Waals surface area contributed by atoms with E-state index < -0.39 is 46.3 Å². The fourth-order valence-corrected chi connectivity index (χ4v) is 1.41. The van der Waals surface area contributed by atoms with Crippen molar-refractivity contribution >= 4 is 23.4 Å². The summed E-state index contributed by atoms with van der Waals surface area (Å²) in [4.78, 5) is 21.5. The van der Waals surface area contributed by atoms with Crippen LogP contribution in [0.4, 0.5) is 17.6 Å². The molecule has 0 saturated heterocycles. The Labute approximate surface area is 103 Å². The van der Waals surface area contributed by atoms with E-state index in [1.54, 1.807) is 0 Å². The molecule has 0 aliphatic carbocycles. The highest BCUT2D eigenvalue weighted by Crippen LogP contribution is 2.33. The molecule has 98 valence electrons. The minimum atomic E-state index is -4.81. The molecule has 0 amide bonds. The van der Waals surface area contributed by atoms with Crippen molar-refractivity contribution in [1.29, 1.82) is 0 Å². The topological polar surface area (TPSA) is 54.4 Å². The van der Waals surface area contributed by atoms with Gasteiger partial charge in [-0.3, -0.25) is 9.59 Å². The molecule has 0 saturated carbocycles. The molecule has 1 rings (SSSR count). The van der Waals surface area contributed by atoms with Gasteiger partial charge in [-0.15, -0.1) is 0 Å². The van der Waals surface area contributed by atoms with Crippen molar-refractivity contribution in [3.63, 3.8) is 0 Å². The van der Waals surface area contributed by atoms with Crippen LogP contribution in [0.25, 0.3) is 0 Å². The number of ketones is 1. The molecule has 1 aromatic carbocycles. The molecule has 0 spiro atoms. The van der Waals surface area contributed by atoms with Gasteiger partial charge < -0.3 is 5.11 Å². The van der Waals surface area contributed by atoms with Gasteiger partial charge in [0.15, 0.2) is 11.6 Å². The number of Topliss-reactive ketones (excluding diaryl/α,β-unsaturated/α-hetero) is 1. The highest BCUT2D eigenvalue weighted by molar-refractivity contribution is 6.31. The standard InChI is InChI=1S/C10H5ClF4O3/c11-6-2-4(10(13,14)15)1-5(9(6)12)7(16)3-8(17)18/h1-2H,3H2,(H,17,18).